The summed E-state index contributed by atoms with van der Waals surface area (Å²) in [6.07, 6.45) is 0. The third-order valence-electron chi connectivity index (χ3n) is 2.16. The standard InChI is InChI=1S/C11H12BrN5O2/c1-18-10-14-9(17-13)15-11(16-10)19-6-7-3-2-4-8(12)5-7/h2-5H,6,13H2,1H3,(H,14,15,16,17). The van der Waals surface area contributed by atoms with E-state index in [4.69, 9.17) is 15.3 Å². The predicted molar refractivity (Wildman–Crippen MR) is 72.7 cm³/mol. The largest absolute Gasteiger partial charge is 0.467 e. The first kappa shape index (κ1) is 13.5. The molecule has 3 N–H and O–H groups in total. The number of nitrogen functional groups attached to an aromatic ring is 1. The van der Waals surface area contributed by atoms with Gasteiger partial charge in [0.25, 0.3) is 0 Å². The highest BCUT2D eigenvalue weighted by Crippen LogP contribution is 2.15. The fourth-order valence-corrected chi connectivity index (χ4v) is 1.78. The van der Waals surface area contributed by atoms with Crippen molar-refractivity contribution in [3.05, 3.63) is 34.3 Å². The van der Waals surface area contributed by atoms with E-state index in [2.05, 4.69) is 36.3 Å². The van der Waals surface area contributed by atoms with E-state index in [0.29, 0.717) is 6.61 Å². The molecule has 0 atom stereocenters. The predicted octanol–water partition coefficient (Wildman–Crippen LogP) is 1.51. The quantitative estimate of drug-likeness (QED) is 0.635. The Hall–Kier alpha value is -1.93. The number of benzene rings is 1. The summed E-state index contributed by atoms with van der Waals surface area (Å²) in [5.74, 6) is 5.43. The number of rotatable bonds is 5. The Morgan fingerprint density at radius 1 is 1.26 bits per heavy atom. The van der Waals surface area contributed by atoms with Crippen molar-refractivity contribution in [3.63, 3.8) is 0 Å². The number of nitrogens with two attached hydrogens (primary N) is 1. The summed E-state index contributed by atoms with van der Waals surface area (Å²) in [7, 11) is 1.45. The third-order valence-corrected chi connectivity index (χ3v) is 2.66. The molecule has 2 rings (SSSR count). The second-order valence-corrected chi connectivity index (χ2v) is 4.41. The first-order chi connectivity index (χ1) is 9.21. The van der Waals surface area contributed by atoms with Gasteiger partial charge in [-0.25, -0.2) is 5.84 Å². The number of ether oxygens (including phenoxy) is 2. The van der Waals surface area contributed by atoms with Gasteiger partial charge in [-0.05, 0) is 17.7 Å². The topological polar surface area (TPSA) is 95.2 Å². The number of methoxy groups -OCH3 is 1. The molecule has 0 saturated carbocycles. The van der Waals surface area contributed by atoms with Crippen LogP contribution in [0.3, 0.4) is 0 Å². The molecule has 0 saturated heterocycles. The number of aromatic nitrogens is 3. The molecule has 8 heteroatoms. The number of hydrogen-bond donors (Lipinski definition) is 2. The van der Waals surface area contributed by atoms with E-state index < -0.39 is 0 Å². The van der Waals surface area contributed by atoms with E-state index in [1.54, 1.807) is 0 Å². The van der Waals surface area contributed by atoms with Crippen molar-refractivity contribution in [2.45, 2.75) is 6.61 Å². The van der Waals surface area contributed by atoms with E-state index in [9.17, 15) is 0 Å². The molecule has 1 aromatic heterocycles. The lowest BCUT2D eigenvalue weighted by molar-refractivity contribution is 0.271. The van der Waals surface area contributed by atoms with Gasteiger partial charge in [-0.3, -0.25) is 5.43 Å². The number of halogens is 1. The van der Waals surface area contributed by atoms with Crippen LogP contribution in [0.2, 0.25) is 0 Å². The third kappa shape index (κ3) is 3.76. The summed E-state index contributed by atoms with van der Waals surface area (Å²) < 4.78 is 11.4. The second-order valence-electron chi connectivity index (χ2n) is 3.49. The van der Waals surface area contributed by atoms with E-state index in [1.807, 2.05) is 24.3 Å². The number of anilines is 1. The Balaban J connectivity index is 2.10. The summed E-state index contributed by atoms with van der Waals surface area (Å²) in [5, 5.41) is 0. The van der Waals surface area contributed by atoms with Crippen LogP contribution in [0.1, 0.15) is 5.56 Å². The molecule has 0 radical (unpaired) electrons. The summed E-state index contributed by atoms with van der Waals surface area (Å²) in [5.41, 5.74) is 3.30. The molecule has 0 amide bonds. The number of nitrogens with one attached hydrogen (secondary N) is 1. The van der Waals surface area contributed by atoms with Crippen molar-refractivity contribution in [1.29, 1.82) is 0 Å². The van der Waals surface area contributed by atoms with Crippen molar-refractivity contribution in [1.82, 2.24) is 15.0 Å². The molecule has 19 heavy (non-hydrogen) atoms. The lowest BCUT2D eigenvalue weighted by Crippen LogP contribution is -2.13. The van der Waals surface area contributed by atoms with Gasteiger partial charge in [-0.1, -0.05) is 28.1 Å². The second kappa shape index (κ2) is 6.30. The summed E-state index contributed by atoms with van der Waals surface area (Å²) in [4.78, 5) is 11.8. The average molecular weight is 326 g/mol. The fourth-order valence-electron chi connectivity index (χ4n) is 1.33. The van der Waals surface area contributed by atoms with Crippen LogP contribution in [0.25, 0.3) is 0 Å². The molecular formula is C11H12BrN5O2. The van der Waals surface area contributed by atoms with Gasteiger partial charge in [0, 0.05) is 4.47 Å². The van der Waals surface area contributed by atoms with E-state index in [0.717, 1.165) is 10.0 Å². The number of hydrogen-bond acceptors (Lipinski definition) is 7. The zero-order chi connectivity index (χ0) is 13.7. The molecule has 0 aliphatic heterocycles. The highest BCUT2D eigenvalue weighted by Gasteiger charge is 2.07. The molecular weight excluding hydrogens is 314 g/mol. The van der Waals surface area contributed by atoms with Crippen LogP contribution >= 0.6 is 15.9 Å². The molecule has 0 aliphatic rings. The van der Waals surface area contributed by atoms with Crippen molar-refractivity contribution in [3.8, 4) is 12.0 Å². The van der Waals surface area contributed by atoms with Crippen LogP contribution in [-0.2, 0) is 6.61 Å². The summed E-state index contributed by atoms with van der Waals surface area (Å²) in [6.45, 7) is 0.330. The minimum Gasteiger partial charge on any atom is -0.467 e. The first-order valence-electron chi connectivity index (χ1n) is 5.35. The van der Waals surface area contributed by atoms with Crippen molar-refractivity contribution in [2.24, 2.45) is 5.84 Å². The van der Waals surface area contributed by atoms with Gasteiger partial charge < -0.3 is 9.47 Å². The highest BCUT2D eigenvalue weighted by molar-refractivity contribution is 9.10. The molecule has 0 unspecified atom stereocenters. The van der Waals surface area contributed by atoms with Gasteiger partial charge in [0.15, 0.2) is 0 Å². The molecule has 7 nitrogen and oxygen atoms in total. The SMILES string of the molecule is COc1nc(NN)nc(OCc2cccc(Br)c2)n1. The van der Waals surface area contributed by atoms with Crippen molar-refractivity contribution < 1.29 is 9.47 Å². The maximum Gasteiger partial charge on any atom is 0.324 e. The Morgan fingerprint density at radius 3 is 2.74 bits per heavy atom. The lowest BCUT2D eigenvalue weighted by atomic mass is 10.2. The molecule has 0 aliphatic carbocycles. The summed E-state index contributed by atoms with van der Waals surface area (Å²) in [6, 6.07) is 8.01. The maximum absolute atomic E-state index is 5.47. The van der Waals surface area contributed by atoms with Crippen LogP contribution in [-0.4, -0.2) is 22.1 Å². The Kier molecular flexibility index (Phi) is 4.48. The molecule has 100 valence electrons. The zero-order valence-electron chi connectivity index (χ0n) is 10.1. The Bertz CT molecular complexity index is 544. The minimum absolute atomic E-state index is 0.132. The van der Waals surface area contributed by atoms with Gasteiger partial charge >= 0.3 is 12.0 Å². The molecule has 0 bridgehead atoms. The van der Waals surface area contributed by atoms with Gasteiger partial charge in [0.2, 0.25) is 5.95 Å². The van der Waals surface area contributed by atoms with Crippen molar-refractivity contribution >= 4 is 21.9 Å². The Labute approximate surface area is 118 Å². The first-order valence-corrected chi connectivity index (χ1v) is 6.14. The van der Waals surface area contributed by atoms with Crippen LogP contribution in [0, 0.1) is 0 Å². The van der Waals surface area contributed by atoms with Crippen LogP contribution in [0.15, 0.2) is 28.7 Å². The monoisotopic (exact) mass is 325 g/mol. The van der Waals surface area contributed by atoms with E-state index in [-0.39, 0.29) is 18.0 Å². The van der Waals surface area contributed by atoms with Crippen LogP contribution in [0.5, 0.6) is 12.0 Å². The molecule has 0 spiro atoms. The smallest absolute Gasteiger partial charge is 0.324 e. The van der Waals surface area contributed by atoms with E-state index >= 15 is 0 Å². The van der Waals surface area contributed by atoms with Crippen LogP contribution < -0.4 is 20.7 Å². The Morgan fingerprint density at radius 2 is 2.05 bits per heavy atom. The number of nitrogens with zero attached hydrogens (tertiary/aromatic N) is 3. The number of hydrazine groups is 1. The summed E-state index contributed by atoms with van der Waals surface area (Å²) >= 11 is 3.39. The maximum atomic E-state index is 5.47. The highest BCUT2D eigenvalue weighted by atomic mass is 79.9. The molecule has 2 aromatic rings. The van der Waals surface area contributed by atoms with Gasteiger partial charge in [-0.2, -0.15) is 9.97 Å². The van der Waals surface area contributed by atoms with E-state index in [1.165, 1.54) is 7.11 Å². The minimum atomic E-state index is 0.132. The zero-order valence-corrected chi connectivity index (χ0v) is 11.7. The molecule has 1 aromatic carbocycles. The fraction of sp³-hybridized carbons (Fsp3) is 0.182. The van der Waals surface area contributed by atoms with Crippen molar-refractivity contribution in [2.75, 3.05) is 12.5 Å². The van der Waals surface area contributed by atoms with Gasteiger partial charge in [-0.15, -0.1) is 4.98 Å². The molecule has 1 heterocycles. The van der Waals surface area contributed by atoms with Crippen LogP contribution in [0.4, 0.5) is 5.95 Å². The molecule has 0 fully saturated rings. The average Bonchev–Trinajstić information content (AvgIpc) is 2.44. The lowest BCUT2D eigenvalue weighted by Gasteiger charge is -2.07. The normalized spacial score (nSPS) is 10.1. The van der Waals surface area contributed by atoms with Gasteiger partial charge in [0.1, 0.15) is 6.61 Å². The van der Waals surface area contributed by atoms with Gasteiger partial charge in [0.05, 0.1) is 7.11 Å².